The van der Waals surface area contributed by atoms with Crippen LogP contribution in [0.5, 0.6) is 5.75 Å². The lowest BCUT2D eigenvalue weighted by Crippen LogP contribution is -2.42. The Morgan fingerprint density at radius 1 is 1.16 bits per heavy atom. The third kappa shape index (κ3) is 6.19. The fraction of sp³-hybridized carbons (Fsp3) is 0.348. The molecule has 0 aliphatic carbocycles. The molecule has 4 rings (SSSR count). The second kappa shape index (κ2) is 11.7. The number of rotatable bonds is 7. The van der Waals surface area contributed by atoms with Gasteiger partial charge in [-0.05, 0) is 11.6 Å². The molecule has 7 nitrogen and oxygen atoms in total. The van der Waals surface area contributed by atoms with Crippen LogP contribution in [-0.2, 0) is 19.5 Å². The number of para-hydroxylation sites is 1. The Morgan fingerprint density at radius 2 is 1.97 bits per heavy atom. The van der Waals surface area contributed by atoms with Gasteiger partial charge < -0.3 is 19.9 Å². The van der Waals surface area contributed by atoms with Crippen LogP contribution in [0.4, 0.5) is 0 Å². The second-order valence-electron chi connectivity index (χ2n) is 7.24. The number of hydrogen-bond donors (Lipinski definition) is 2. The molecule has 0 amide bonds. The zero-order chi connectivity index (χ0) is 20.6. The molecule has 2 heterocycles. The number of hydrogen-bond acceptors (Lipinski definition) is 4. The van der Waals surface area contributed by atoms with Crippen LogP contribution in [0.15, 0.2) is 65.9 Å². The first-order valence-electron chi connectivity index (χ1n) is 10.5. The number of aliphatic imine (C=N–C) groups is 1. The van der Waals surface area contributed by atoms with Crippen molar-refractivity contribution in [2.24, 2.45) is 4.99 Å². The lowest BCUT2D eigenvalue weighted by Gasteiger charge is -2.28. The number of aryl methyl sites for hydroxylation is 1. The molecule has 1 atom stereocenters. The first-order valence-corrected chi connectivity index (χ1v) is 10.5. The van der Waals surface area contributed by atoms with E-state index in [9.17, 15) is 0 Å². The zero-order valence-corrected chi connectivity index (χ0v) is 20.0. The molecule has 0 spiro atoms. The molecule has 0 bridgehead atoms. The van der Waals surface area contributed by atoms with Crippen molar-refractivity contribution in [3.63, 3.8) is 0 Å². The van der Waals surface area contributed by atoms with E-state index in [0.29, 0.717) is 13.2 Å². The minimum atomic E-state index is 0. The van der Waals surface area contributed by atoms with E-state index >= 15 is 0 Å². The van der Waals surface area contributed by atoms with E-state index in [2.05, 4.69) is 56.6 Å². The van der Waals surface area contributed by atoms with Gasteiger partial charge in [-0.2, -0.15) is 0 Å². The molecule has 1 unspecified atom stereocenters. The number of ether oxygens (including phenoxy) is 1. The van der Waals surface area contributed by atoms with E-state index < -0.39 is 0 Å². The molecule has 1 aromatic heterocycles. The van der Waals surface area contributed by atoms with Gasteiger partial charge in [-0.1, -0.05) is 55.5 Å². The summed E-state index contributed by atoms with van der Waals surface area (Å²) in [7, 11) is 0. The van der Waals surface area contributed by atoms with Gasteiger partial charge in [0, 0.05) is 31.5 Å². The van der Waals surface area contributed by atoms with Crippen molar-refractivity contribution < 1.29 is 4.74 Å². The molecular formula is C23H29IN6O. The highest BCUT2D eigenvalue weighted by Gasteiger charge is 2.21. The van der Waals surface area contributed by atoms with Crippen molar-refractivity contribution in [1.29, 1.82) is 0 Å². The Bertz CT molecular complexity index is 975. The van der Waals surface area contributed by atoms with Crippen molar-refractivity contribution in [2.75, 3.05) is 13.2 Å². The maximum Gasteiger partial charge on any atom is 0.192 e. The fourth-order valence-electron chi connectivity index (χ4n) is 3.60. The standard InChI is InChI=1S/C23H28N6O.HI/c1-2-22-28-26-17-29(22)14-13-24-23(25-16-18-8-4-3-5-9-18)27-20-12-15-30-21-11-7-6-10-19(20)21;/h3-11,17,20H,2,12-16H2,1H3,(H2,24,25,27);1H. The average Bonchev–Trinajstić information content (AvgIpc) is 3.26. The number of aromatic nitrogens is 3. The Hall–Kier alpha value is -2.62. The molecular weight excluding hydrogens is 503 g/mol. The van der Waals surface area contributed by atoms with Gasteiger partial charge in [0.25, 0.3) is 0 Å². The summed E-state index contributed by atoms with van der Waals surface area (Å²) in [6, 6.07) is 18.7. The third-order valence-corrected chi connectivity index (χ3v) is 5.19. The van der Waals surface area contributed by atoms with E-state index in [0.717, 1.165) is 43.5 Å². The normalized spacial score (nSPS) is 15.4. The van der Waals surface area contributed by atoms with E-state index in [4.69, 9.17) is 9.73 Å². The Balaban J connectivity index is 0.00000272. The summed E-state index contributed by atoms with van der Waals surface area (Å²) in [5.41, 5.74) is 2.35. The summed E-state index contributed by atoms with van der Waals surface area (Å²) in [6.45, 7) is 4.92. The molecule has 0 saturated heterocycles. The van der Waals surface area contributed by atoms with Crippen LogP contribution >= 0.6 is 24.0 Å². The maximum absolute atomic E-state index is 5.80. The summed E-state index contributed by atoms with van der Waals surface area (Å²) < 4.78 is 7.88. The highest BCUT2D eigenvalue weighted by atomic mass is 127. The largest absolute Gasteiger partial charge is 0.493 e. The Labute approximate surface area is 200 Å². The van der Waals surface area contributed by atoms with Crippen LogP contribution in [0, 0.1) is 0 Å². The van der Waals surface area contributed by atoms with E-state index in [-0.39, 0.29) is 30.0 Å². The van der Waals surface area contributed by atoms with Crippen LogP contribution in [-0.4, -0.2) is 33.9 Å². The third-order valence-electron chi connectivity index (χ3n) is 5.19. The monoisotopic (exact) mass is 532 g/mol. The van der Waals surface area contributed by atoms with Crippen molar-refractivity contribution in [1.82, 2.24) is 25.4 Å². The fourth-order valence-corrected chi connectivity index (χ4v) is 3.60. The molecule has 8 heteroatoms. The lowest BCUT2D eigenvalue weighted by molar-refractivity contribution is 0.261. The summed E-state index contributed by atoms with van der Waals surface area (Å²) in [5, 5.41) is 15.3. The van der Waals surface area contributed by atoms with Crippen molar-refractivity contribution in [3.8, 4) is 5.75 Å². The van der Waals surface area contributed by atoms with Crippen LogP contribution < -0.4 is 15.4 Å². The molecule has 0 fully saturated rings. The topological polar surface area (TPSA) is 76.4 Å². The quantitative estimate of drug-likeness (QED) is 0.276. The lowest BCUT2D eigenvalue weighted by atomic mass is 10.0. The van der Waals surface area contributed by atoms with E-state index in [1.807, 2.05) is 30.3 Å². The first-order chi connectivity index (χ1) is 14.8. The van der Waals surface area contributed by atoms with Crippen molar-refractivity contribution >= 4 is 29.9 Å². The van der Waals surface area contributed by atoms with Crippen LogP contribution in [0.3, 0.4) is 0 Å². The zero-order valence-electron chi connectivity index (χ0n) is 17.7. The molecule has 31 heavy (non-hydrogen) atoms. The SMILES string of the molecule is CCc1nncn1CCNC(=NCc1ccccc1)NC1CCOc2ccccc21.I. The number of fused-ring (bicyclic) bond motifs is 1. The molecule has 2 N–H and O–H groups in total. The number of nitrogens with one attached hydrogen (secondary N) is 2. The highest BCUT2D eigenvalue weighted by molar-refractivity contribution is 14.0. The number of halogens is 1. The number of nitrogens with zero attached hydrogens (tertiary/aromatic N) is 4. The Kier molecular flexibility index (Phi) is 8.69. The maximum atomic E-state index is 5.80. The predicted molar refractivity (Wildman–Crippen MR) is 133 cm³/mol. The summed E-state index contributed by atoms with van der Waals surface area (Å²) in [5.74, 6) is 2.73. The molecule has 1 aliphatic heterocycles. The first kappa shape index (κ1) is 23.1. The number of benzene rings is 2. The van der Waals surface area contributed by atoms with Crippen LogP contribution in [0.25, 0.3) is 0 Å². The van der Waals surface area contributed by atoms with Gasteiger partial charge in [-0.15, -0.1) is 34.2 Å². The minimum absolute atomic E-state index is 0. The molecule has 0 saturated carbocycles. The van der Waals surface area contributed by atoms with Gasteiger partial charge in [0.15, 0.2) is 5.96 Å². The highest BCUT2D eigenvalue weighted by Crippen LogP contribution is 2.31. The molecule has 1 aliphatic rings. The van der Waals surface area contributed by atoms with E-state index in [1.54, 1.807) is 6.33 Å². The average molecular weight is 532 g/mol. The molecule has 0 radical (unpaired) electrons. The van der Waals surface area contributed by atoms with Gasteiger partial charge in [0.05, 0.1) is 19.2 Å². The smallest absolute Gasteiger partial charge is 0.192 e. The van der Waals surface area contributed by atoms with E-state index in [1.165, 1.54) is 11.1 Å². The van der Waals surface area contributed by atoms with Gasteiger partial charge in [0.1, 0.15) is 17.9 Å². The summed E-state index contributed by atoms with van der Waals surface area (Å²) >= 11 is 0. The summed E-state index contributed by atoms with van der Waals surface area (Å²) in [6.07, 6.45) is 3.55. The second-order valence-corrected chi connectivity index (χ2v) is 7.24. The number of guanidine groups is 1. The van der Waals surface area contributed by atoms with Gasteiger partial charge >= 0.3 is 0 Å². The van der Waals surface area contributed by atoms with Crippen LogP contribution in [0.1, 0.15) is 36.3 Å². The van der Waals surface area contributed by atoms with Crippen molar-refractivity contribution in [2.45, 2.75) is 38.9 Å². The van der Waals surface area contributed by atoms with Gasteiger partial charge in [0.2, 0.25) is 0 Å². The molecule has 164 valence electrons. The van der Waals surface area contributed by atoms with Crippen LogP contribution in [0.2, 0.25) is 0 Å². The molecule has 2 aromatic carbocycles. The summed E-state index contributed by atoms with van der Waals surface area (Å²) in [4.78, 5) is 4.84. The van der Waals surface area contributed by atoms with Gasteiger partial charge in [-0.3, -0.25) is 0 Å². The van der Waals surface area contributed by atoms with Gasteiger partial charge in [-0.25, -0.2) is 4.99 Å². The predicted octanol–water partition coefficient (Wildman–Crippen LogP) is 3.72. The molecule has 3 aromatic rings. The van der Waals surface area contributed by atoms with Crippen molar-refractivity contribution in [3.05, 3.63) is 77.9 Å². The minimum Gasteiger partial charge on any atom is -0.493 e. The Morgan fingerprint density at radius 3 is 2.81 bits per heavy atom.